The summed E-state index contributed by atoms with van der Waals surface area (Å²) in [5, 5.41) is 14.3. The van der Waals surface area contributed by atoms with E-state index in [1.807, 2.05) is 20.8 Å². The van der Waals surface area contributed by atoms with Crippen LogP contribution in [0, 0.1) is 0 Å². The van der Waals surface area contributed by atoms with Gasteiger partial charge in [-0.25, -0.2) is 0 Å². The molecule has 0 unspecified atom stereocenters. The summed E-state index contributed by atoms with van der Waals surface area (Å²) in [6, 6.07) is 0.112. The third-order valence-electron chi connectivity index (χ3n) is 2.59. The normalized spacial score (nSPS) is 19.4. The molecule has 1 fully saturated rings. The second-order valence-electron chi connectivity index (χ2n) is 4.79. The molecule has 0 radical (unpaired) electrons. The minimum Gasteiger partial charge on any atom is -0.530 e. The molecule has 0 aliphatic carbocycles. The zero-order valence-electron chi connectivity index (χ0n) is 9.17. The summed E-state index contributed by atoms with van der Waals surface area (Å²) in [6.07, 6.45) is 0.709. The van der Waals surface area contributed by atoms with E-state index in [0.29, 0.717) is 0 Å². The number of hydrogen-bond acceptors (Lipinski definition) is 3. The van der Waals surface area contributed by atoms with E-state index >= 15 is 0 Å². The summed E-state index contributed by atoms with van der Waals surface area (Å²) in [5.41, 5.74) is -0.360. The Morgan fingerprint density at radius 1 is 1.36 bits per heavy atom. The number of nitrogens with one attached hydrogen (secondary N) is 1. The summed E-state index contributed by atoms with van der Waals surface area (Å²) in [6.45, 7) is 7.51. The molecule has 14 heavy (non-hydrogen) atoms. The monoisotopic (exact) mass is 199 g/mol. The summed E-state index contributed by atoms with van der Waals surface area (Å²) >= 11 is 0. The molecule has 1 aliphatic rings. The third-order valence-corrected chi connectivity index (χ3v) is 2.59. The van der Waals surface area contributed by atoms with E-state index in [-0.39, 0.29) is 11.6 Å². The number of piperidine rings is 1. The van der Waals surface area contributed by atoms with Gasteiger partial charge in [-0.2, -0.15) is 0 Å². The largest absolute Gasteiger partial charge is 0.530 e. The van der Waals surface area contributed by atoms with Gasteiger partial charge in [0.05, 0.1) is 0 Å². The quantitative estimate of drug-likeness (QED) is 0.655. The van der Waals surface area contributed by atoms with E-state index in [1.165, 1.54) is 4.90 Å². The second-order valence-corrected chi connectivity index (χ2v) is 4.79. The predicted octanol–water partition coefficient (Wildman–Crippen LogP) is 0.182. The van der Waals surface area contributed by atoms with Gasteiger partial charge in [-0.3, -0.25) is 0 Å². The molecule has 1 amide bonds. The van der Waals surface area contributed by atoms with Crippen LogP contribution < -0.4 is 10.4 Å². The molecule has 1 N–H and O–H groups in total. The van der Waals surface area contributed by atoms with Crippen LogP contribution in [-0.4, -0.2) is 35.7 Å². The maximum absolute atomic E-state index is 11.0. The molecule has 0 saturated carbocycles. The third kappa shape index (κ3) is 2.61. The minimum absolute atomic E-state index is 0.112. The Morgan fingerprint density at radius 3 is 2.21 bits per heavy atom. The van der Waals surface area contributed by atoms with Crippen LogP contribution in [0.1, 0.15) is 33.6 Å². The highest BCUT2D eigenvalue weighted by atomic mass is 16.4. The van der Waals surface area contributed by atoms with Gasteiger partial charge >= 0.3 is 0 Å². The van der Waals surface area contributed by atoms with Crippen molar-refractivity contribution in [2.75, 3.05) is 13.1 Å². The number of carbonyl (C=O) groups is 1. The molecule has 0 aromatic carbocycles. The lowest BCUT2D eigenvalue weighted by atomic mass is 9.98. The Balaban J connectivity index is 2.71. The SMILES string of the molecule is CC(C)(C)N(C(=O)[O-])C1CCNCC1. The Labute approximate surface area is 85.3 Å². The zero-order valence-corrected chi connectivity index (χ0v) is 9.17. The molecule has 4 nitrogen and oxygen atoms in total. The number of rotatable bonds is 1. The van der Waals surface area contributed by atoms with Gasteiger partial charge in [0.15, 0.2) is 0 Å². The molecule has 1 heterocycles. The lowest BCUT2D eigenvalue weighted by Crippen LogP contribution is -2.58. The molecule has 0 aromatic heterocycles. The lowest BCUT2D eigenvalue weighted by Gasteiger charge is -2.45. The fourth-order valence-corrected chi connectivity index (χ4v) is 2.04. The second kappa shape index (κ2) is 4.17. The molecule has 0 spiro atoms. The molecule has 1 aliphatic heterocycles. The number of amides is 1. The highest BCUT2D eigenvalue weighted by molar-refractivity contribution is 5.64. The van der Waals surface area contributed by atoms with Crippen molar-refractivity contribution >= 4 is 6.09 Å². The van der Waals surface area contributed by atoms with Crippen molar-refractivity contribution in [2.24, 2.45) is 0 Å². The van der Waals surface area contributed by atoms with Gasteiger partial charge in [0.2, 0.25) is 0 Å². The van der Waals surface area contributed by atoms with Crippen LogP contribution in [0.15, 0.2) is 0 Å². The Kier molecular flexibility index (Phi) is 3.37. The van der Waals surface area contributed by atoms with Crippen LogP contribution >= 0.6 is 0 Å². The van der Waals surface area contributed by atoms with Crippen molar-refractivity contribution in [3.8, 4) is 0 Å². The van der Waals surface area contributed by atoms with Crippen molar-refractivity contribution in [2.45, 2.75) is 45.2 Å². The summed E-state index contributed by atoms with van der Waals surface area (Å²) in [5.74, 6) is 0. The van der Waals surface area contributed by atoms with Gasteiger partial charge in [0.25, 0.3) is 0 Å². The standard InChI is InChI=1S/C10H20N2O2/c1-10(2,3)12(9(13)14)8-4-6-11-7-5-8/h8,11H,4-7H2,1-3H3,(H,13,14)/p-1. The number of hydrogen-bond donors (Lipinski definition) is 1. The van der Waals surface area contributed by atoms with Crippen LogP contribution in [0.5, 0.6) is 0 Å². The fraction of sp³-hybridized carbons (Fsp3) is 0.900. The van der Waals surface area contributed by atoms with Gasteiger partial charge in [-0.15, -0.1) is 0 Å². The summed E-state index contributed by atoms with van der Waals surface area (Å²) in [4.78, 5) is 12.5. The molecular weight excluding hydrogens is 180 g/mol. The maximum atomic E-state index is 11.0. The molecule has 4 heteroatoms. The van der Waals surface area contributed by atoms with E-state index in [1.54, 1.807) is 0 Å². The van der Waals surface area contributed by atoms with Crippen molar-refractivity contribution in [3.63, 3.8) is 0 Å². The predicted molar refractivity (Wildman–Crippen MR) is 52.9 cm³/mol. The fourth-order valence-electron chi connectivity index (χ4n) is 2.04. The molecule has 82 valence electrons. The highest BCUT2D eigenvalue weighted by Gasteiger charge is 2.29. The first-order valence-electron chi connectivity index (χ1n) is 5.14. The molecule has 0 bridgehead atoms. The first-order chi connectivity index (χ1) is 6.43. The zero-order chi connectivity index (χ0) is 10.8. The number of carboxylic acid groups (broad SMARTS) is 1. The molecule has 1 saturated heterocycles. The van der Waals surface area contributed by atoms with Crippen LogP contribution in [0.4, 0.5) is 4.79 Å². The molecule has 1 rings (SSSR count). The van der Waals surface area contributed by atoms with Gasteiger partial charge in [0, 0.05) is 11.6 Å². The first kappa shape index (κ1) is 11.3. The lowest BCUT2D eigenvalue weighted by molar-refractivity contribution is -0.274. The van der Waals surface area contributed by atoms with Crippen LogP contribution in [-0.2, 0) is 0 Å². The van der Waals surface area contributed by atoms with E-state index in [0.717, 1.165) is 25.9 Å². The van der Waals surface area contributed by atoms with Crippen molar-refractivity contribution in [1.29, 1.82) is 0 Å². The summed E-state index contributed by atoms with van der Waals surface area (Å²) < 4.78 is 0. The van der Waals surface area contributed by atoms with Gasteiger partial charge in [-0.1, -0.05) is 0 Å². The Morgan fingerprint density at radius 2 is 1.86 bits per heavy atom. The smallest absolute Gasteiger partial charge is 0.137 e. The Bertz CT molecular complexity index is 205. The van der Waals surface area contributed by atoms with Gasteiger partial charge < -0.3 is 20.1 Å². The van der Waals surface area contributed by atoms with Crippen LogP contribution in [0.3, 0.4) is 0 Å². The van der Waals surface area contributed by atoms with E-state index in [9.17, 15) is 9.90 Å². The van der Waals surface area contributed by atoms with Gasteiger partial charge in [0.1, 0.15) is 6.09 Å². The molecule has 0 atom stereocenters. The van der Waals surface area contributed by atoms with Gasteiger partial charge in [-0.05, 0) is 46.7 Å². The number of carbonyl (C=O) groups excluding carboxylic acids is 1. The van der Waals surface area contributed by atoms with Crippen molar-refractivity contribution in [3.05, 3.63) is 0 Å². The van der Waals surface area contributed by atoms with E-state index in [2.05, 4.69) is 5.32 Å². The first-order valence-corrected chi connectivity index (χ1v) is 5.14. The van der Waals surface area contributed by atoms with Crippen LogP contribution in [0.25, 0.3) is 0 Å². The number of nitrogens with zero attached hydrogens (tertiary/aromatic N) is 1. The Hall–Kier alpha value is -0.770. The van der Waals surface area contributed by atoms with E-state index < -0.39 is 6.09 Å². The van der Waals surface area contributed by atoms with Crippen molar-refractivity contribution < 1.29 is 9.90 Å². The minimum atomic E-state index is -1.05. The van der Waals surface area contributed by atoms with Crippen LogP contribution in [0.2, 0.25) is 0 Å². The summed E-state index contributed by atoms with van der Waals surface area (Å²) in [7, 11) is 0. The molecular formula is C10H19N2O2-. The topological polar surface area (TPSA) is 55.4 Å². The molecule has 0 aromatic rings. The highest BCUT2D eigenvalue weighted by Crippen LogP contribution is 2.21. The average molecular weight is 199 g/mol. The van der Waals surface area contributed by atoms with E-state index in [4.69, 9.17) is 0 Å². The van der Waals surface area contributed by atoms with Crippen molar-refractivity contribution in [1.82, 2.24) is 10.2 Å². The maximum Gasteiger partial charge on any atom is 0.137 e. The average Bonchev–Trinajstić information content (AvgIpc) is 2.02.